The third-order valence-electron chi connectivity index (χ3n) is 7.09. The number of para-hydroxylation sites is 1. The SMILES string of the molecule is CCCCc1ccc(C(=O)N(CCC)CC(=O)N(CCc2c[nH]c3ccccc23)Cc2ccc(F)cc2)cc1. The molecule has 6 heteroatoms. The summed E-state index contributed by atoms with van der Waals surface area (Å²) in [6.07, 6.45) is 6.64. The summed E-state index contributed by atoms with van der Waals surface area (Å²) in [6, 6.07) is 22.1. The second kappa shape index (κ2) is 13.7. The fourth-order valence-corrected chi connectivity index (χ4v) is 4.86. The molecule has 0 spiro atoms. The quantitative estimate of drug-likeness (QED) is 0.209. The fourth-order valence-electron chi connectivity index (χ4n) is 4.86. The Morgan fingerprint density at radius 3 is 2.23 bits per heavy atom. The van der Waals surface area contributed by atoms with Crippen LogP contribution in [0.4, 0.5) is 4.39 Å². The lowest BCUT2D eigenvalue weighted by Crippen LogP contribution is -2.43. The van der Waals surface area contributed by atoms with Crippen LogP contribution in [0.2, 0.25) is 0 Å². The molecule has 0 bridgehead atoms. The highest BCUT2D eigenvalue weighted by atomic mass is 19.1. The van der Waals surface area contributed by atoms with E-state index in [-0.39, 0.29) is 24.2 Å². The van der Waals surface area contributed by atoms with E-state index < -0.39 is 0 Å². The van der Waals surface area contributed by atoms with Crippen LogP contribution in [-0.2, 0) is 24.2 Å². The van der Waals surface area contributed by atoms with E-state index in [9.17, 15) is 14.0 Å². The van der Waals surface area contributed by atoms with Gasteiger partial charge in [0.15, 0.2) is 0 Å². The summed E-state index contributed by atoms with van der Waals surface area (Å²) in [6.45, 7) is 5.50. The van der Waals surface area contributed by atoms with Gasteiger partial charge in [0.2, 0.25) is 5.91 Å². The number of aryl methyl sites for hydroxylation is 1. The zero-order chi connectivity index (χ0) is 27.6. The van der Waals surface area contributed by atoms with Crippen molar-refractivity contribution in [3.8, 4) is 0 Å². The molecule has 0 aliphatic heterocycles. The molecule has 1 aromatic heterocycles. The molecule has 0 aliphatic rings. The summed E-state index contributed by atoms with van der Waals surface area (Å²) in [5.74, 6) is -0.568. The third-order valence-corrected chi connectivity index (χ3v) is 7.09. The lowest BCUT2D eigenvalue weighted by Gasteiger charge is -2.28. The molecule has 1 N–H and O–H groups in total. The molecule has 0 radical (unpaired) electrons. The van der Waals surface area contributed by atoms with Crippen molar-refractivity contribution in [1.82, 2.24) is 14.8 Å². The van der Waals surface area contributed by atoms with Crippen LogP contribution in [0.3, 0.4) is 0 Å². The second-order valence-corrected chi connectivity index (χ2v) is 10.1. The maximum Gasteiger partial charge on any atom is 0.254 e. The van der Waals surface area contributed by atoms with Gasteiger partial charge in [-0.3, -0.25) is 9.59 Å². The summed E-state index contributed by atoms with van der Waals surface area (Å²) in [7, 11) is 0. The van der Waals surface area contributed by atoms with Crippen molar-refractivity contribution >= 4 is 22.7 Å². The zero-order valence-electron chi connectivity index (χ0n) is 23.0. The first-order valence-electron chi connectivity index (χ1n) is 13.9. The first-order valence-corrected chi connectivity index (χ1v) is 13.9. The van der Waals surface area contributed by atoms with Crippen molar-refractivity contribution in [2.24, 2.45) is 0 Å². The lowest BCUT2D eigenvalue weighted by molar-refractivity contribution is -0.132. The summed E-state index contributed by atoms with van der Waals surface area (Å²) in [5.41, 5.74) is 4.85. The maximum absolute atomic E-state index is 13.7. The predicted octanol–water partition coefficient (Wildman–Crippen LogP) is 6.77. The minimum absolute atomic E-state index is 0.000656. The third kappa shape index (κ3) is 7.56. The summed E-state index contributed by atoms with van der Waals surface area (Å²) >= 11 is 0. The highest BCUT2D eigenvalue weighted by Gasteiger charge is 2.22. The number of aromatic nitrogens is 1. The van der Waals surface area contributed by atoms with Crippen molar-refractivity contribution in [1.29, 1.82) is 0 Å². The predicted molar refractivity (Wildman–Crippen MR) is 155 cm³/mol. The number of H-pyrrole nitrogens is 1. The first-order chi connectivity index (χ1) is 19.0. The number of unbranched alkanes of at least 4 members (excludes halogenated alkanes) is 1. The number of rotatable bonds is 13. The largest absolute Gasteiger partial charge is 0.361 e. The smallest absolute Gasteiger partial charge is 0.254 e. The van der Waals surface area contributed by atoms with Crippen molar-refractivity contribution in [3.63, 3.8) is 0 Å². The maximum atomic E-state index is 13.7. The van der Waals surface area contributed by atoms with Gasteiger partial charge < -0.3 is 14.8 Å². The van der Waals surface area contributed by atoms with Crippen LogP contribution in [0.5, 0.6) is 0 Å². The van der Waals surface area contributed by atoms with Gasteiger partial charge in [-0.1, -0.05) is 62.7 Å². The molecule has 5 nitrogen and oxygen atoms in total. The Kier molecular flexibility index (Phi) is 9.90. The van der Waals surface area contributed by atoms with Crippen LogP contribution in [0.25, 0.3) is 10.9 Å². The normalized spacial score (nSPS) is 11.1. The Bertz CT molecular complexity index is 1360. The van der Waals surface area contributed by atoms with Gasteiger partial charge in [0.1, 0.15) is 12.4 Å². The van der Waals surface area contributed by atoms with E-state index in [0.717, 1.165) is 47.7 Å². The van der Waals surface area contributed by atoms with E-state index in [1.165, 1.54) is 17.7 Å². The molecule has 39 heavy (non-hydrogen) atoms. The molecule has 4 aromatic rings. The number of halogens is 1. The summed E-state index contributed by atoms with van der Waals surface area (Å²) < 4.78 is 13.5. The van der Waals surface area contributed by atoms with Gasteiger partial charge in [-0.15, -0.1) is 0 Å². The van der Waals surface area contributed by atoms with Gasteiger partial charge >= 0.3 is 0 Å². The molecule has 0 atom stereocenters. The van der Waals surface area contributed by atoms with E-state index >= 15 is 0 Å². The Labute approximate surface area is 230 Å². The number of carbonyl (C=O) groups excluding carboxylic acids is 2. The van der Waals surface area contributed by atoms with Crippen molar-refractivity contribution in [3.05, 3.63) is 107 Å². The highest BCUT2D eigenvalue weighted by Crippen LogP contribution is 2.19. The molecule has 204 valence electrons. The van der Waals surface area contributed by atoms with E-state index in [0.29, 0.717) is 31.6 Å². The Balaban J connectivity index is 1.50. The van der Waals surface area contributed by atoms with Gasteiger partial charge in [0.25, 0.3) is 5.91 Å². The molecular formula is C33H38FN3O2. The second-order valence-electron chi connectivity index (χ2n) is 10.1. The van der Waals surface area contributed by atoms with Gasteiger partial charge in [0, 0.05) is 42.3 Å². The van der Waals surface area contributed by atoms with E-state index in [4.69, 9.17) is 0 Å². The van der Waals surface area contributed by atoms with Gasteiger partial charge in [-0.2, -0.15) is 0 Å². The molecule has 0 saturated heterocycles. The van der Waals surface area contributed by atoms with E-state index in [1.807, 2.05) is 55.6 Å². The molecule has 0 aliphatic carbocycles. The van der Waals surface area contributed by atoms with Crippen LogP contribution in [0, 0.1) is 5.82 Å². The minimum Gasteiger partial charge on any atom is -0.361 e. The monoisotopic (exact) mass is 527 g/mol. The minimum atomic E-state index is -0.309. The average molecular weight is 528 g/mol. The fraction of sp³-hybridized carbons (Fsp3) is 0.333. The standard InChI is InChI=1S/C33H38FN3O2/c1-3-5-8-25-11-15-27(16-12-25)33(39)37(20-4-2)24-32(38)36(23-26-13-17-29(34)18-14-26)21-19-28-22-35-31-10-7-6-9-30(28)31/h6-7,9-18,22,35H,3-5,8,19-21,23-24H2,1-2H3. The van der Waals surface area contributed by atoms with E-state index in [2.05, 4.69) is 18.0 Å². The number of hydrogen-bond donors (Lipinski definition) is 1. The molecule has 4 rings (SSSR count). The summed E-state index contributed by atoms with van der Waals surface area (Å²) in [5, 5.41) is 1.14. The molecule has 0 saturated carbocycles. The van der Waals surface area contributed by atoms with Crippen LogP contribution in [0.1, 0.15) is 60.2 Å². The van der Waals surface area contributed by atoms with Crippen molar-refractivity contribution in [2.45, 2.75) is 52.5 Å². The number of nitrogens with one attached hydrogen (secondary N) is 1. The number of aromatic amines is 1. The number of amides is 2. The number of hydrogen-bond acceptors (Lipinski definition) is 2. The molecule has 3 aromatic carbocycles. The van der Waals surface area contributed by atoms with Crippen LogP contribution in [0.15, 0.2) is 79.0 Å². The molecular weight excluding hydrogens is 489 g/mol. The Morgan fingerprint density at radius 1 is 0.795 bits per heavy atom. The van der Waals surface area contributed by atoms with Gasteiger partial charge in [-0.05, 0) is 72.7 Å². The van der Waals surface area contributed by atoms with Crippen LogP contribution < -0.4 is 0 Å². The number of nitrogens with zero attached hydrogens (tertiary/aromatic N) is 2. The van der Waals surface area contributed by atoms with Crippen LogP contribution in [-0.4, -0.2) is 46.2 Å². The van der Waals surface area contributed by atoms with Crippen molar-refractivity contribution < 1.29 is 14.0 Å². The molecule has 2 amide bonds. The van der Waals surface area contributed by atoms with Crippen LogP contribution >= 0.6 is 0 Å². The summed E-state index contributed by atoms with van der Waals surface area (Å²) in [4.78, 5) is 33.8. The zero-order valence-corrected chi connectivity index (χ0v) is 23.0. The van der Waals surface area contributed by atoms with E-state index in [1.54, 1.807) is 21.9 Å². The molecule has 0 fully saturated rings. The van der Waals surface area contributed by atoms with Crippen molar-refractivity contribution in [2.75, 3.05) is 19.6 Å². The first kappa shape index (κ1) is 28.1. The van der Waals surface area contributed by atoms with Gasteiger partial charge in [-0.25, -0.2) is 4.39 Å². The molecule has 0 unspecified atom stereocenters. The lowest BCUT2D eigenvalue weighted by atomic mass is 10.1. The molecule has 1 heterocycles. The topological polar surface area (TPSA) is 56.4 Å². The number of benzene rings is 3. The Morgan fingerprint density at radius 2 is 1.51 bits per heavy atom. The Hall–Kier alpha value is -3.93. The number of fused-ring (bicyclic) bond motifs is 1. The van der Waals surface area contributed by atoms with Gasteiger partial charge in [0.05, 0.1) is 0 Å². The highest BCUT2D eigenvalue weighted by molar-refractivity contribution is 5.96. The number of carbonyl (C=O) groups is 2. The average Bonchev–Trinajstić information content (AvgIpc) is 3.38.